The Balaban J connectivity index is 2.37. The van der Waals surface area contributed by atoms with Crippen molar-refractivity contribution in [3.8, 4) is 0 Å². The maximum atomic E-state index is 5.94. The molecule has 0 radical (unpaired) electrons. The van der Waals surface area contributed by atoms with Gasteiger partial charge in [0.1, 0.15) is 6.10 Å². The van der Waals surface area contributed by atoms with Crippen molar-refractivity contribution in [3.05, 3.63) is 22.4 Å². The molecular formula is C13H23NO2S. The van der Waals surface area contributed by atoms with Crippen LogP contribution in [0.3, 0.4) is 0 Å². The minimum Gasteiger partial charge on any atom is -0.373 e. The zero-order chi connectivity index (χ0) is 12.9. The van der Waals surface area contributed by atoms with E-state index >= 15 is 0 Å². The molecule has 1 rings (SSSR count). The van der Waals surface area contributed by atoms with Gasteiger partial charge in [0.25, 0.3) is 0 Å². The van der Waals surface area contributed by atoms with Crippen LogP contribution < -0.4 is 5.73 Å². The first-order chi connectivity index (χ1) is 7.90. The topological polar surface area (TPSA) is 44.5 Å². The van der Waals surface area contributed by atoms with Crippen LogP contribution in [0.25, 0.3) is 0 Å². The summed E-state index contributed by atoms with van der Waals surface area (Å²) >= 11 is 1.68. The Hall–Kier alpha value is -0.420. The molecule has 1 heterocycles. The molecule has 0 aromatic carbocycles. The molecule has 0 bridgehead atoms. The lowest BCUT2D eigenvalue weighted by molar-refractivity contribution is -0.0551. The first kappa shape index (κ1) is 14.6. The lowest BCUT2D eigenvalue weighted by atomic mass is 10.1. The monoisotopic (exact) mass is 257 g/mol. The van der Waals surface area contributed by atoms with Gasteiger partial charge in [-0.3, -0.25) is 0 Å². The van der Waals surface area contributed by atoms with Gasteiger partial charge in [-0.25, -0.2) is 0 Å². The van der Waals surface area contributed by atoms with Gasteiger partial charge in [-0.15, -0.1) is 11.3 Å². The van der Waals surface area contributed by atoms with Gasteiger partial charge in [0.2, 0.25) is 0 Å². The van der Waals surface area contributed by atoms with E-state index in [1.54, 1.807) is 11.3 Å². The molecule has 2 N–H and O–H groups in total. The van der Waals surface area contributed by atoms with Crippen LogP contribution in [0.15, 0.2) is 17.5 Å². The Morgan fingerprint density at radius 2 is 2.06 bits per heavy atom. The van der Waals surface area contributed by atoms with Crippen molar-refractivity contribution >= 4 is 11.3 Å². The highest BCUT2D eigenvalue weighted by Crippen LogP contribution is 2.24. The summed E-state index contributed by atoms with van der Waals surface area (Å²) in [7, 11) is 0. The van der Waals surface area contributed by atoms with Crippen molar-refractivity contribution in [2.24, 2.45) is 5.73 Å². The Kier molecular flexibility index (Phi) is 5.59. The van der Waals surface area contributed by atoms with Gasteiger partial charge < -0.3 is 15.2 Å². The fraction of sp³-hybridized carbons (Fsp3) is 0.692. The molecule has 0 amide bonds. The fourth-order valence-electron chi connectivity index (χ4n) is 1.47. The van der Waals surface area contributed by atoms with E-state index in [9.17, 15) is 0 Å². The molecule has 1 aromatic rings. The fourth-order valence-corrected chi connectivity index (χ4v) is 2.36. The molecule has 0 spiro atoms. The highest BCUT2D eigenvalue weighted by Gasteiger charge is 2.18. The molecule has 17 heavy (non-hydrogen) atoms. The predicted molar refractivity (Wildman–Crippen MR) is 72.4 cm³/mol. The number of nitrogens with two attached hydrogens (primary N) is 1. The van der Waals surface area contributed by atoms with E-state index in [1.807, 2.05) is 39.1 Å². The van der Waals surface area contributed by atoms with Gasteiger partial charge >= 0.3 is 0 Å². The molecule has 2 unspecified atom stereocenters. The molecule has 0 saturated heterocycles. The SMILES string of the molecule is CC(N)C(OCCOC(C)(C)C)c1cccs1. The smallest absolute Gasteiger partial charge is 0.106 e. The second-order valence-corrected chi connectivity index (χ2v) is 6.11. The van der Waals surface area contributed by atoms with Crippen LogP contribution in [0.4, 0.5) is 0 Å². The third kappa shape index (κ3) is 5.64. The number of thiophene rings is 1. The van der Waals surface area contributed by atoms with Crippen molar-refractivity contribution in [1.82, 2.24) is 0 Å². The van der Waals surface area contributed by atoms with Crippen molar-refractivity contribution in [3.63, 3.8) is 0 Å². The first-order valence-electron chi connectivity index (χ1n) is 5.95. The lowest BCUT2D eigenvalue weighted by Crippen LogP contribution is -2.28. The van der Waals surface area contributed by atoms with E-state index in [0.29, 0.717) is 13.2 Å². The van der Waals surface area contributed by atoms with Crippen LogP contribution in [0, 0.1) is 0 Å². The summed E-state index contributed by atoms with van der Waals surface area (Å²) < 4.78 is 11.4. The van der Waals surface area contributed by atoms with Gasteiger partial charge in [-0.05, 0) is 39.1 Å². The molecule has 0 aliphatic rings. The Labute approximate surface area is 108 Å². The number of rotatable bonds is 6. The number of hydrogen-bond donors (Lipinski definition) is 1. The lowest BCUT2D eigenvalue weighted by Gasteiger charge is -2.23. The van der Waals surface area contributed by atoms with Gasteiger partial charge in [-0.2, -0.15) is 0 Å². The first-order valence-corrected chi connectivity index (χ1v) is 6.82. The normalized spacial score (nSPS) is 15.8. The maximum absolute atomic E-state index is 5.94. The molecule has 2 atom stereocenters. The van der Waals surface area contributed by atoms with E-state index in [1.165, 1.54) is 4.88 Å². The molecular weight excluding hydrogens is 234 g/mol. The van der Waals surface area contributed by atoms with Gasteiger partial charge in [-0.1, -0.05) is 6.07 Å². The summed E-state index contributed by atoms with van der Waals surface area (Å²) in [4.78, 5) is 1.18. The highest BCUT2D eigenvalue weighted by molar-refractivity contribution is 7.10. The van der Waals surface area contributed by atoms with Crippen molar-refractivity contribution < 1.29 is 9.47 Å². The Morgan fingerprint density at radius 3 is 2.53 bits per heavy atom. The minimum absolute atomic E-state index is 0.0108. The molecule has 0 aliphatic carbocycles. The molecule has 1 aromatic heterocycles. The Bertz CT molecular complexity index is 304. The molecule has 3 nitrogen and oxygen atoms in total. The minimum atomic E-state index is -0.115. The standard InChI is InChI=1S/C13H23NO2S/c1-10(14)12(11-6-5-9-17-11)15-7-8-16-13(2,3)4/h5-6,9-10,12H,7-8,14H2,1-4H3. The summed E-state index contributed by atoms with van der Waals surface area (Å²) in [5.41, 5.74) is 5.82. The van der Waals surface area contributed by atoms with Crippen LogP contribution in [-0.4, -0.2) is 24.9 Å². The zero-order valence-electron chi connectivity index (χ0n) is 11.1. The van der Waals surface area contributed by atoms with E-state index in [4.69, 9.17) is 15.2 Å². The average molecular weight is 257 g/mol. The van der Waals surface area contributed by atoms with Gasteiger partial charge in [0.15, 0.2) is 0 Å². The molecule has 0 fully saturated rings. The maximum Gasteiger partial charge on any atom is 0.106 e. The summed E-state index contributed by atoms with van der Waals surface area (Å²) in [6.45, 7) is 9.24. The van der Waals surface area contributed by atoms with Crippen LogP contribution >= 0.6 is 11.3 Å². The van der Waals surface area contributed by atoms with Crippen LogP contribution in [0.2, 0.25) is 0 Å². The van der Waals surface area contributed by atoms with E-state index < -0.39 is 0 Å². The van der Waals surface area contributed by atoms with Crippen LogP contribution in [-0.2, 0) is 9.47 Å². The largest absolute Gasteiger partial charge is 0.373 e. The molecule has 0 saturated carbocycles. The summed E-state index contributed by atoms with van der Waals surface area (Å²) in [6.07, 6.45) is -0.0291. The molecule has 4 heteroatoms. The van der Waals surface area contributed by atoms with Crippen molar-refractivity contribution in [1.29, 1.82) is 0 Å². The van der Waals surface area contributed by atoms with Gasteiger partial charge in [0, 0.05) is 10.9 Å². The van der Waals surface area contributed by atoms with Crippen molar-refractivity contribution in [2.45, 2.75) is 45.4 Å². The second-order valence-electron chi connectivity index (χ2n) is 5.13. The van der Waals surface area contributed by atoms with Gasteiger partial charge in [0.05, 0.1) is 18.8 Å². The van der Waals surface area contributed by atoms with E-state index in [-0.39, 0.29) is 17.7 Å². The van der Waals surface area contributed by atoms with E-state index in [0.717, 1.165) is 0 Å². The highest BCUT2D eigenvalue weighted by atomic mass is 32.1. The Morgan fingerprint density at radius 1 is 1.35 bits per heavy atom. The number of ether oxygens (including phenoxy) is 2. The third-order valence-corrected chi connectivity index (χ3v) is 3.15. The van der Waals surface area contributed by atoms with Crippen LogP contribution in [0.5, 0.6) is 0 Å². The molecule has 0 aliphatic heterocycles. The summed E-state index contributed by atoms with van der Waals surface area (Å²) in [5.74, 6) is 0. The van der Waals surface area contributed by atoms with E-state index in [2.05, 4.69) is 6.07 Å². The quantitative estimate of drug-likeness (QED) is 0.797. The van der Waals surface area contributed by atoms with Crippen molar-refractivity contribution in [2.75, 3.05) is 13.2 Å². The predicted octanol–water partition coefficient (Wildman–Crippen LogP) is 2.97. The third-order valence-electron chi connectivity index (χ3n) is 2.22. The molecule has 98 valence electrons. The average Bonchev–Trinajstić information content (AvgIpc) is 2.68. The summed E-state index contributed by atoms with van der Waals surface area (Å²) in [5, 5.41) is 2.04. The van der Waals surface area contributed by atoms with Crippen LogP contribution in [0.1, 0.15) is 38.7 Å². The zero-order valence-corrected chi connectivity index (χ0v) is 11.9. The second kappa shape index (κ2) is 6.50. The summed E-state index contributed by atoms with van der Waals surface area (Å²) in [6, 6.07) is 4.07. The number of hydrogen-bond acceptors (Lipinski definition) is 4.